The Morgan fingerprint density at radius 2 is 1.79 bits per heavy atom. The second kappa shape index (κ2) is 4.92. The summed E-state index contributed by atoms with van der Waals surface area (Å²) in [4.78, 5) is 23.5. The Bertz CT molecular complexity index is 570. The van der Waals surface area contributed by atoms with Gasteiger partial charge in [0.05, 0.1) is 0 Å². The van der Waals surface area contributed by atoms with E-state index in [0.29, 0.717) is 9.13 Å². The van der Waals surface area contributed by atoms with Gasteiger partial charge in [-0.1, -0.05) is 6.07 Å². The first-order valence-corrected chi connectivity index (χ1v) is 6.50. The maximum Gasteiger partial charge on any atom is 0.348 e. The summed E-state index contributed by atoms with van der Waals surface area (Å²) < 4.78 is 23.5. The number of ether oxygens (including phenoxy) is 2. The van der Waals surface area contributed by atoms with Gasteiger partial charge in [-0.25, -0.2) is 14.0 Å². The molecular weight excluding hydrogens is 366 g/mol. The van der Waals surface area contributed by atoms with Gasteiger partial charge in [0.1, 0.15) is 11.4 Å². The van der Waals surface area contributed by atoms with Crippen molar-refractivity contribution in [2.45, 2.75) is 19.6 Å². The fourth-order valence-electron chi connectivity index (χ4n) is 1.55. The lowest BCUT2D eigenvalue weighted by Gasteiger charge is -2.29. The molecule has 1 saturated heterocycles. The summed E-state index contributed by atoms with van der Waals surface area (Å²) in [6.45, 7) is 2.95. The fraction of sp³-hybridized carbons (Fsp3) is 0.231. The standard InChI is InChI=1S/C13H10FIO4/c1-13(2)18-11(16)9(12(17)19-13)5-7-3-4-8(14)6-10(7)15/h3-6H,1-2H3. The Kier molecular flexibility index (Phi) is 3.62. The van der Waals surface area contributed by atoms with Crippen molar-refractivity contribution < 1.29 is 23.5 Å². The van der Waals surface area contributed by atoms with Gasteiger partial charge in [-0.05, 0) is 46.4 Å². The molecule has 0 spiro atoms. The summed E-state index contributed by atoms with van der Waals surface area (Å²) in [6.07, 6.45) is 1.33. The molecule has 1 aromatic carbocycles. The van der Waals surface area contributed by atoms with Gasteiger partial charge >= 0.3 is 11.9 Å². The molecular formula is C13H10FIO4. The number of hydrogen-bond acceptors (Lipinski definition) is 4. The van der Waals surface area contributed by atoms with E-state index in [1.54, 1.807) is 0 Å². The molecule has 0 saturated carbocycles. The zero-order valence-corrected chi connectivity index (χ0v) is 12.4. The lowest BCUT2D eigenvalue weighted by atomic mass is 10.1. The van der Waals surface area contributed by atoms with Crippen LogP contribution in [0.15, 0.2) is 23.8 Å². The van der Waals surface area contributed by atoms with Crippen LogP contribution in [0.4, 0.5) is 4.39 Å². The summed E-state index contributed by atoms with van der Waals surface area (Å²) in [6, 6.07) is 4.03. The van der Waals surface area contributed by atoms with E-state index in [2.05, 4.69) is 0 Å². The van der Waals surface area contributed by atoms with Crippen molar-refractivity contribution in [3.63, 3.8) is 0 Å². The van der Waals surface area contributed by atoms with Gasteiger partial charge in [-0.3, -0.25) is 0 Å². The van der Waals surface area contributed by atoms with Gasteiger partial charge in [0.2, 0.25) is 0 Å². The zero-order chi connectivity index (χ0) is 14.2. The van der Waals surface area contributed by atoms with Gasteiger partial charge in [-0.2, -0.15) is 0 Å². The minimum Gasteiger partial charge on any atom is -0.419 e. The monoisotopic (exact) mass is 376 g/mol. The molecule has 1 aliphatic heterocycles. The van der Waals surface area contributed by atoms with Crippen molar-refractivity contribution in [2.24, 2.45) is 0 Å². The fourth-order valence-corrected chi connectivity index (χ4v) is 2.19. The predicted molar refractivity (Wildman–Crippen MR) is 73.4 cm³/mol. The first-order chi connectivity index (χ1) is 8.78. The van der Waals surface area contributed by atoms with Gasteiger partial charge < -0.3 is 9.47 Å². The van der Waals surface area contributed by atoms with Gasteiger partial charge in [-0.15, -0.1) is 0 Å². The summed E-state index contributed by atoms with van der Waals surface area (Å²) in [5.74, 6) is -3.15. The van der Waals surface area contributed by atoms with Crippen LogP contribution in [-0.4, -0.2) is 17.7 Å². The Morgan fingerprint density at radius 1 is 1.21 bits per heavy atom. The molecule has 0 unspecified atom stereocenters. The molecule has 0 amide bonds. The van der Waals surface area contributed by atoms with Crippen LogP contribution in [0, 0.1) is 9.39 Å². The average Bonchev–Trinajstić information content (AvgIpc) is 2.24. The van der Waals surface area contributed by atoms with Crippen LogP contribution in [0.5, 0.6) is 0 Å². The van der Waals surface area contributed by atoms with Crippen molar-refractivity contribution in [1.82, 2.24) is 0 Å². The highest BCUT2D eigenvalue weighted by molar-refractivity contribution is 14.1. The molecule has 0 N–H and O–H groups in total. The second-order valence-corrected chi connectivity index (χ2v) is 5.56. The molecule has 1 aromatic rings. The molecule has 4 nitrogen and oxygen atoms in total. The minimum absolute atomic E-state index is 0.205. The zero-order valence-electron chi connectivity index (χ0n) is 10.2. The molecule has 0 atom stereocenters. The molecule has 6 heteroatoms. The Hall–Kier alpha value is -1.44. The van der Waals surface area contributed by atoms with Crippen LogP contribution in [0.2, 0.25) is 0 Å². The Labute approximate surface area is 122 Å². The highest BCUT2D eigenvalue weighted by Gasteiger charge is 2.38. The first kappa shape index (κ1) is 14.0. The van der Waals surface area contributed by atoms with E-state index in [4.69, 9.17) is 9.47 Å². The van der Waals surface area contributed by atoms with Crippen molar-refractivity contribution in [1.29, 1.82) is 0 Å². The van der Waals surface area contributed by atoms with Crippen LogP contribution >= 0.6 is 22.6 Å². The maximum absolute atomic E-state index is 13.0. The quantitative estimate of drug-likeness (QED) is 0.327. The summed E-state index contributed by atoms with van der Waals surface area (Å²) in [5.41, 5.74) is 0.342. The molecule has 2 rings (SSSR count). The predicted octanol–water partition coefficient (Wildman–Crippen LogP) is 2.65. The number of hydrogen-bond donors (Lipinski definition) is 0. The van der Waals surface area contributed by atoms with Gasteiger partial charge in [0.15, 0.2) is 0 Å². The molecule has 0 radical (unpaired) electrons. The largest absolute Gasteiger partial charge is 0.419 e. The van der Waals surface area contributed by atoms with Crippen molar-refractivity contribution in [3.05, 3.63) is 38.7 Å². The van der Waals surface area contributed by atoms with Crippen LogP contribution in [0.1, 0.15) is 19.4 Å². The lowest BCUT2D eigenvalue weighted by molar-refractivity contribution is -0.222. The van der Waals surface area contributed by atoms with Gasteiger partial charge in [0.25, 0.3) is 5.79 Å². The number of halogens is 2. The number of cyclic esters (lactones) is 2. The molecule has 0 aromatic heterocycles. The SMILES string of the molecule is CC1(C)OC(=O)C(=Cc2ccc(F)cc2I)C(=O)O1. The van der Waals surface area contributed by atoms with Crippen LogP contribution in [-0.2, 0) is 19.1 Å². The number of rotatable bonds is 1. The number of esters is 2. The normalized spacial score (nSPS) is 17.8. The van der Waals surface area contributed by atoms with Crippen LogP contribution in [0.3, 0.4) is 0 Å². The molecule has 100 valence electrons. The van der Waals surface area contributed by atoms with Gasteiger partial charge in [0, 0.05) is 17.4 Å². The van der Waals surface area contributed by atoms with E-state index in [-0.39, 0.29) is 11.4 Å². The Morgan fingerprint density at radius 3 is 2.32 bits per heavy atom. The Balaban J connectivity index is 2.38. The van der Waals surface area contributed by atoms with E-state index < -0.39 is 17.7 Å². The number of benzene rings is 1. The van der Waals surface area contributed by atoms with Crippen LogP contribution < -0.4 is 0 Å². The molecule has 1 aliphatic rings. The van der Waals surface area contributed by atoms with Crippen LogP contribution in [0.25, 0.3) is 6.08 Å². The second-order valence-electron chi connectivity index (χ2n) is 4.40. The van der Waals surface area contributed by atoms with E-state index in [0.717, 1.165) is 0 Å². The molecule has 19 heavy (non-hydrogen) atoms. The number of carbonyl (C=O) groups excluding carboxylic acids is 2. The van der Waals surface area contributed by atoms with Crippen molar-refractivity contribution >= 4 is 40.6 Å². The maximum atomic E-state index is 13.0. The van der Waals surface area contributed by atoms with E-state index in [1.807, 2.05) is 22.6 Å². The van der Waals surface area contributed by atoms with Crippen molar-refractivity contribution in [3.8, 4) is 0 Å². The van der Waals surface area contributed by atoms with E-state index >= 15 is 0 Å². The summed E-state index contributed by atoms with van der Waals surface area (Å²) in [5, 5.41) is 0. The number of carbonyl (C=O) groups is 2. The first-order valence-electron chi connectivity index (χ1n) is 5.42. The molecule has 1 heterocycles. The smallest absolute Gasteiger partial charge is 0.348 e. The minimum atomic E-state index is -1.26. The molecule has 1 fully saturated rings. The highest BCUT2D eigenvalue weighted by Crippen LogP contribution is 2.25. The third kappa shape index (κ3) is 3.12. The van der Waals surface area contributed by atoms with Crippen molar-refractivity contribution in [2.75, 3.05) is 0 Å². The third-order valence-corrected chi connectivity index (χ3v) is 3.31. The average molecular weight is 376 g/mol. The third-order valence-electron chi connectivity index (χ3n) is 2.38. The molecule has 0 aliphatic carbocycles. The molecule has 0 bridgehead atoms. The topological polar surface area (TPSA) is 52.6 Å². The summed E-state index contributed by atoms with van der Waals surface area (Å²) >= 11 is 1.91. The summed E-state index contributed by atoms with van der Waals surface area (Å²) in [7, 11) is 0. The lowest BCUT2D eigenvalue weighted by Crippen LogP contribution is -2.41. The van der Waals surface area contributed by atoms with E-state index in [9.17, 15) is 14.0 Å². The highest BCUT2D eigenvalue weighted by atomic mass is 127. The van der Waals surface area contributed by atoms with E-state index in [1.165, 1.54) is 38.1 Å².